The van der Waals surface area contributed by atoms with Crippen molar-refractivity contribution in [1.82, 2.24) is 9.62 Å². The molecule has 0 spiro atoms. The number of nitrogens with zero attached hydrogens (tertiary/aromatic N) is 1. The molecule has 0 aliphatic rings. The van der Waals surface area contributed by atoms with Crippen LogP contribution in [0.3, 0.4) is 0 Å². The Bertz CT molecular complexity index is 728. The highest BCUT2D eigenvalue weighted by atomic mass is 35.5. The predicted molar refractivity (Wildman–Crippen MR) is 92.1 cm³/mol. The normalized spacial score (nSPS) is 13.5. The molecule has 0 radical (unpaired) electrons. The second-order valence-electron chi connectivity index (χ2n) is 5.30. The van der Waals surface area contributed by atoms with Crippen LogP contribution in [0.1, 0.15) is 17.2 Å². The van der Waals surface area contributed by atoms with Gasteiger partial charge < -0.3 is 4.90 Å². The Morgan fingerprint density at radius 3 is 2.59 bits per heavy atom. The molecule has 2 aromatic rings. The number of hydrogen-bond donors (Lipinski definition) is 1. The largest absolute Gasteiger partial charge is 0.301 e. The highest BCUT2D eigenvalue weighted by molar-refractivity contribution is 7.89. The summed E-state index contributed by atoms with van der Waals surface area (Å²) in [6.45, 7) is 2.14. The molecule has 0 unspecified atom stereocenters. The Hall–Kier alpha value is -0.920. The lowest BCUT2D eigenvalue weighted by Crippen LogP contribution is -2.34. The fraction of sp³-hybridized carbons (Fsp3) is 0.333. The molecule has 0 saturated carbocycles. The van der Waals surface area contributed by atoms with Crippen molar-refractivity contribution < 1.29 is 8.42 Å². The zero-order valence-electron chi connectivity index (χ0n) is 12.7. The van der Waals surface area contributed by atoms with Crippen LogP contribution >= 0.6 is 22.9 Å². The van der Waals surface area contributed by atoms with Crippen molar-refractivity contribution in [2.45, 2.75) is 17.9 Å². The Morgan fingerprint density at radius 2 is 2.05 bits per heavy atom. The second-order valence-corrected chi connectivity index (χ2v) is 8.25. The lowest BCUT2D eigenvalue weighted by molar-refractivity contribution is 0.300. The summed E-state index contributed by atoms with van der Waals surface area (Å²) in [6, 6.07) is 6.75. The average Bonchev–Trinajstić information content (AvgIpc) is 2.95. The van der Waals surface area contributed by atoms with E-state index in [2.05, 4.69) is 4.72 Å². The molecule has 4 nitrogen and oxygen atoms in total. The summed E-state index contributed by atoms with van der Waals surface area (Å²) in [6.07, 6.45) is 0. The summed E-state index contributed by atoms with van der Waals surface area (Å²) in [7, 11) is 0.283. The number of thiophene rings is 1. The maximum Gasteiger partial charge on any atom is 0.240 e. The van der Waals surface area contributed by atoms with Crippen LogP contribution in [-0.4, -0.2) is 34.0 Å². The molecule has 1 heterocycles. The first-order valence-electron chi connectivity index (χ1n) is 6.75. The van der Waals surface area contributed by atoms with Crippen LogP contribution in [0, 0.1) is 6.92 Å². The molecular weight excluding hydrogens is 340 g/mol. The van der Waals surface area contributed by atoms with Gasteiger partial charge >= 0.3 is 0 Å². The number of hydrogen-bond acceptors (Lipinski definition) is 4. The third-order valence-corrected chi connectivity index (χ3v) is 6.00. The molecule has 0 aliphatic carbocycles. The van der Waals surface area contributed by atoms with Gasteiger partial charge in [0.1, 0.15) is 0 Å². The number of halogens is 1. The minimum Gasteiger partial charge on any atom is -0.301 e. The third kappa shape index (κ3) is 4.08. The van der Waals surface area contributed by atoms with E-state index < -0.39 is 10.0 Å². The van der Waals surface area contributed by atoms with Gasteiger partial charge in [0.15, 0.2) is 0 Å². The summed E-state index contributed by atoms with van der Waals surface area (Å²) < 4.78 is 27.5. The third-order valence-electron chi connectivity index (χ3n) is 3.47. The Balaban J connectivity index is 2.16. The second kappa shape index (κ2) is 7.10. The van der Waals surface area contributed by atoms with Crippen LogP contribution in [-0.2, 0) is 10.0 Å². The maximum absolute atomic E-state index is 12.4. The molecule has 1 atom stereocenters. The zero-order chi connectivity index (χ0) is 16.3. The number of benzene rings is 1. The minimum absolute atomic E-state index is 0.0121. The smallest absolute Gasteiger partial charge is 0.240 e. The topological polar surface area (TPSA) is 49.4 Å². The highest BCUT2D eigenvalue weighted by Gasteiger charge is 2.20. The SMILES string of the molecule is Cc1ccc(S(=O)(=O)NC[C@H](c2ccsc2)N(C)C)cc1Cl. The molecule has 7 heteroatoms. The van der Waals surface area contributed by atoms with Gasteiger partial charge in [-0.15, -0.1) is 0 Å². The van der Waals surface area contributed by atoms with Crippen LogP contribution in [0.5, 0.6) is 0 Å². The van der Waals surface area contributed by atoms with Gasteiger partial charge in [0, 0.05) is 17.6 Å². The summed E-state index contributed by atoms with van der Waals surface area (Å²) in [5, 5.41) is 4.46. The summed E-state index contributed by atoms with van der Waals surface area (Å²) in [5.74, 6) is 0. The monoisotopic (exact) mass is 358 g/mol. The van der Waals surface area contributed by atoms with Gasteiger partial charge in [-0.1, -0.05) is 17.7 Å². The van der Waals surface area contributed by atoms with Gasteiger partial charge in [0.05, 0.1) is 4.90 Å². The van der Waals surface area contributed by atoms with E-state index in [9.17, 15) is 8.42 Å². The van der Waals surface area contributed by atoms with Crippen molar-refractivity contribution in [2.75, 3.05) is 20.6 Å². The van der Waals surface area contributed by atoms with Gasteiger partial charge in [-0.2, -0.15) is 11.3 Å². The molecule has 0 amide bonds. The highest BCUT2D eigenvalue weighted by Crippen LogP contribution is 2.22. The number of nitrogens with one attached hydrogen (secondary N) is 1. The number of aryl methyl sites for hydroxylation is 1. The maximum atomic E-state index is 12.4. The van der Waals surface area contributed by atoms with Gasteiger partial charge in [-0.05, 0) is 61.1 Å². The van der Waals surface area contributed by atoms with Crippen molar-refractivity contribution in [3.05, 3.63) is 51.2 Å². The number of rotatable bonds is 6. The first-order chi connectivity index (χ1) is 10.3. The van der Waals surface area contributed by atoms with Crippen molar-refractivity contribution >= 4 is 33.0 Å². The van der Waals surface area contributed by atoms with E-state index in [1.165, 1.54) is 6.07 Å². The van der Waals surface area contributed by atoms with Crippen LogP contribution < -0.4 is 4.72 Å². The van der Waals surface area contributed by atoms with Gasteiger partial charge in [0.2, 0.25) is 10.0 Å². The number of sulfonamides is 1. The summed E-state index contributed by atoms with van der Waals surface area (Å²) in [4.78, 5) is 2.18. The summed E-state index contributed by atoms with van der Waals surface area (Å²) in [5.41, 5.74) is 1.95. The van der Waals surface area contributed by atoms with E-state index in [1.54, 1.807) is 23.5 Å². The van der Waals surface area contributed by atoms with Crippen LogP contribution in [0.4, 0.5) is 0 Å². The van der Waals surface area contributed by atoms with Crippen LogP contribution in [0.15, 0.2) is 39.9 Å². The minimum atomic E-state index is -3.58. The van der Waals surface area contributed by atoms with E-state index in [-0.39, 0.29) is 10.9 Å². The Morgan fingerprint density at radius 1 is 1.32 bits per heavy atom. The molecule has 0 fully saturated rings. The fourth-order valence-corrected chi connectivity index (χ4v) is 4.09. The standard InChI is InChI=1S/C15H19ClN2O2S2/c1-11-4-5-13(8-14(11)16)22(19,20)17-9-15(18(2)3)12-6-7-21-10-12/h4-8,10,15,17H,9H2,1-3H3/t15-/m1/s1. The van der Waals surface area contributed by atoms with Crippen LogP contribution in [0.2, 0.25) is 5.02 Å². The van der Waals surface area contributed by atoms with Gasteiger partial charge in [-0.25, -0.2) is 13.1 Å². The first-order valence-corrected chi connectivity index (χ1v) is 9.56. The molecule has 1 aromatic heterocycles. The summed E-state index contributed by atoms with van der Waals surface area (Å²) >= 11 is 7.61. The van der Waals surface area contributed by atoms with Crippen molar-refractivity contribution in [3.8, 4) is 0 Å². The molecule has 0 bridgehead atoms. The first kappa shape index (κ1) is 17.4. The van der Waals surface area contributed by atoms with Gasteiger partial charge in [0.25, 0.3) is 0 Å². The average molecular weight is 359 g/mol. The quantitative estimate of drug-likeness (QED) is 0.862. The molecule has 0 aliphatic heterocycles. The lowest BCUT2D eigenvalue weighted by Gasteiger charge is -2.24. The zero-order valence-corrected chi connectivity index (χ0v) is 15.1. The molecule has 1 N–H and O–H groups in total. The molecule has 2 rings (SSSR count). The van der Waals surface area contributed by atoms with Crippen molar-refractivity contribution in [1.29, 1.82) is 0 Å². The molecular formula is C15H19ClN2O2S2. The van der Waals surface area contributed by atoms with E-state index >= 15 is 0 Å². The van der Waals surface area contributed by atoms with Crippen molar-refractivity contribution in [2.24, 2.45) is 0 Å². The van der Waals surface area contributed by atoms with Gasteiger partial charge in [-0.3, -0.25) is 0 Å². The Kier molecular flexibility index (Phi) is 5.63. The molecule has 22 heavy (non-hydrogen) atoms. The molecule has 120 valence electrons. The van der Waals surface area contributed by atoms with E-state index in [1.807, 2.05) is 42.7 Å². The lowest BCUT2D eigenvalue weighted by atomic mass is 10.1. The predicted octanol–water partition coefficient (Wildman–Crippen LogP) is 3.29. The van der Waals surface area contributed by atoms with E-state index in [4.69, 9.17) is 11.6 Å². The molecule has 1 aromatic carbocycles. The number of likely N-dealkylation sites (N-methyl/N-ethyl adjacent to an activating group) is 1. The Labute approximate surface area is 140 Å². The van der Waals surface area contributed by atoms with Crippen LogP contribution in [0.25, 0.3) is 0 Å². The van der Waals surface area contributed by atoms with E-state index in [0.29, 0.717) is 11.6 Å². The fourth-order valence-electron chi connectivity index (χ4n) is 2.08. The molecule has 0 saturated heterocycles. The van der Waals surface area contributed by atoms with Crippen molar-refractivity contribution in [3.63, 3.8) is 0 Å². The van der Waals surface area contributed by atoms with E-state index in [0.717, 1.165) is 11.1 Å².